The van der Waals surface area contributed by atoms with Gasteiger partial charge in [0.1, 0.15) is 0 Å². The molecule has 0 unspecified atom stereocenters. The maximum absolute atomic E-state index is 13.5. The number of hydrogen-bond donors (Lipinski definition) is 0. The van der Waals surface area contributed by atoms with Crippen molar-refractivity contribution in [3.63, 3.8) is 0 Å². The predicted molar refractivity (Wildman–Crippen MR) is 76.7 cm³/mol. The van der Waals surface area contributed by atoms with Crippen LogP contribution >= 0.6 is 0 Å². The Labute approximate surface area is 124 Å². The highest BCUT2D eigenvalue weighted by molar-refractivity contribution is 5.71. The Kier molecular flexibility index (Phi) is 7.11. The summed E-state index contributed by atoms with van der Waals surface area (Å²) in [7, 11) is 3.07. The molecular weight excluding hydrogens is 277 g/mol. The number of benzene rings is 1. The molecule has 6 heteroatoms. The summed E-state index contributed by atoms with van der Waals surface area (Å²) in [4.78, 5) is 13.6. The highest BCUT2D eigenvalue weighted by Crippen LogP contribution is 2.17. The quantitative estimate of drug-likeness (QED) is 0.726. The van der Waals surface area contributed by atoms with Crippen LogP contribution in [0.2, 0.25) is 0 Å². The number of nitrogens with zero attached hydrogens (tertiary/aromatic N) is 1. The first-order chi connectivity index (χ1) is 9.99. The molecule has 21 heavy (non-hydrogen) atoms. The summed E-state index contributed by atoms with van der Waals surface area (Å²) in [5.41, 5.74) is 0. The molecule has 0 radical (unpaired) electrons. The molecule has 0 bridgehead atoms. The zero-order chi connectivity index (χ0) is 15.8. The number of ether oxygens (including phenoxy) is 3. The average molecular weight is 299 g/mol. The first-order valence-corrected chi connectivity index (χ1v) is 6.78. The van der Waals surface area contributed by atoms with Gasteiger partial charge in [-0.1, -0.05) is 12.1 Å². The number of halogens is 1. The van der Waals surface area contributed by atoms with E-state index in [-0.39, 0.29) is 11.8 Å². The molecule has 0 aromatic heterocycles. The van der Waals surface area contributed by atoms with Crippen LogP contribution in [0.3, 0.4) is 0 Å². The Morgan fingerprint density at radius 2 is 1.86 bits per heavy atom. The first kappa shape index (κ1) is 17.4. The number of methoxy groups -OCH3 is 2. The van der Waals surface area contributed by atoms with Crippen molar-refractivity contribution in [2.75, 3.05) is 20.8 Å². The Morgan fingerprint density at radius 3 is 2.38 bits per heavy atom. The van der Waals surface area contributed by atoms with E-state index >= 15 is 0 Å². The highest BCUT2D eigenvalue weighted by atomic mass is 19.1. The van der Waals surface area contributed by atoms with Crippen molar-refractivity contribution in [2.24, 2.45) is 0 Å². The summed E-state index contributed by atoms with van der Waals surface area (Å²) in [5.74, 6) is -0.649. The van der Waals surface area contributed by atoms with Gasteiger partial charge < -0.3 is 19.1 Å². The van der Waals surface area contributed by atoms with Gasteiger partial charge in [0.15, 0.2) is 17.9 Å². The largest absolute Gasteiger partial charge is 0.415 e. The standard InChI is InChI=1S/C15H22FNO4/c1-11(2)17(10-9-14(19-3)20-4)15(18)21-13-8-6-5-7-12(13)16/h5-8,11,14H,9-10H2,1-4H3. The van der Waals surface area contributed by atoms with Crippen LogP contribution in [0.5, 0.6) is 5.75 Å². The van der Waals surface area contributed by atoms with Crippen LogP contribution in [0.4, 0.5) is 9.18 Å². The van der Waals surface area contributed by atoms with Crippen molar-refractivity contribution in [2.45, 2.75) is 32.6 Å². The molecule has 5 nitrogen and oxygen atoms in total. The summed E-state index contributed by atoms with van der Waals surface area (Å²) in [5, 5.41) is 0. The third-order valence-electron chi connectivity index (χ3n) is 3.02. The van der Waals surface area contributed by atoms with E-state index in [1.54, 1.807) is 6.07 Å². The van der Waals surface area contributed by atoms with Crippen LogP contribution in [-0.4, -0.2) is 44.1 Å². The van der Waals surface area contributed by atoms with Gasteiger partial charge in [0.05, 0.1) is 0 Å². The molecule has 0 atom stereocenters. The number of rotatable bonds is 7. The fourth-order valence-electron chi connectivity index (χ4n) is 1.82. The third-order valence-corrected chi connectivity index (χ3v) is 3.02. The van der Waals surface area contributed by atoms with Crippen molar-refractivity contribution in [1.82, 2.24) is 4.90 Å². The maximum atomic E-state index is 13.5. The molecule has 0 heterocycles. The van der Waals surface area contributed by atoms with E-state index < -0.39 is 18.2 Å². The fraction of sp³-hybridized carbons (Fsp3) is 0.533. The Morgan fingerprint density at radius 1 is 1.24 bits per heavy atom. The lowest BCUT2D eigenvalue weighted by Crippen LogP contribution is -2.41. The molecule has 1 amide bonds. The van der Waals surface area contributed by atoms with E-state index in [2.05, 4.69) is 0 Å². The first-order valence-electron chi connectivity index (χ1n) is 6.78. The van der Waals surface area contributed by atoms with E-state index in [4.69, 9.17) is 14.2 Å². The van der Waals surface area contributed by atoms with Gasteiger partial charge in [-0.2, -0.15) is 0 Å². The second kappa shape index (κ2) is 8.59. The maximum Gasteiger partial charge on any atom is 0.415 e. The Hall–Kier alpha value is -1.66. The molecule has 0 spiro atoms. The smallest absolute Gasteiger partial charge is 0.407 e. The van der Waals surface area contributed by atoms with Gasteiger partial charge in [0.2, 0.25) is 0 Å². The molecule has 1 aromatic rings. The summed E-state index contributed by atoms with van der Waals surface area (Å²) in [6.45, 7) is 4.10. The molecule has 0 saturated carbocycles. The number of hydrogen-bond acceptors (Lipinski definition) is 4. The minimum atomic E-state index is -0.596. The van der Waals surface area contributed by atoms with Crippen LogP contribution in [0.1, 0.15) is 20.3 Å². The second-order valence-electron chi connectivity index (χ2n) is 4.78. The van der Waals surface area contributed by atoms with Crippen molar-refractivity contribution in [1.29, 1.82) is 0 Å². The molecule has 0 fully saturated rings. The monoisotopic (exact) mass is 299 g/mol. The lowest BCUT2D eigenvalue weighted by Gasteiger charge is -2.27. The van der Waals surface area contributed by atoms with Crippen LogP contribution < -0.4 is 4.74 Å². The van der Waals surface area contributed by atoms with Gasteiger partial charge in [0, 0.05) is 33.2 Å². The Bertz CT molecular complexity index is 449. The number of amides is 1. The third kappa shape index (κ3) is 5.32. The van der Waals surface area contributed by atoms with E-state index in [0.717, 1.165) is 0 Å². The molecule has 1 aromatic carbocycles. The topological polar surface area (TPSA) is 48.0 Å². The fourth-order valence-corrected chi connectivity index (χ4v) is 1.82. The lowest BCUT2D eigenvalue weighted by molar-refractivity contribution is -0.108. The minimum absolute atomic E-state index is 0.0804. The molecule has 0 N–H and O–H groups in total. The number of carbonyl (C=O) groups is 1. The van der Waals surface area contributed by atoms with Gasteiger partial charge in [0.25, 0.3) is 0 Å². The number of carbonyl (C=O) groups excluding carboxylic acids is 1. The zero-order valence-electron chi connectivity index (χ0n) is 12.8. The van der Waals surface area contributed by atoms with E-state index in [1.165, 1.54) is 37.3 Å². The molecule has 1 rings (SSSR count). The number of para-hydroxylation sites is 1. The summed E-state index contributed by atoms with van der Waals surface area (Å²) in [6, 6.07) is 5.72. The minimum Gasteiger partial charge on any atom is -0.407 e. The van der Waals surface area contributed by atoms with Gasteiger partial charge in [-0.25, -0.2) is 9.18 Å². The molecule has 118 valence electrons. The van der Waals surface area contributed by atoms with Crippen LogP contribution in [0.15, 0.2) is 24.3 Å². The van der Waals surface area contributed by atoms with E-state index in [0.29, 0.717) is 13.0 Å². The van der Waals surface area contributed by atoms with Crippen molar-refractivity contribution in [3.05, 3.63) is 30.1 Å². The second-order valence-corrected chi connectivity index (χ2v) is 4.78. The summed E-state index contributed by atoms with van der Waals surface area (Å²) >= 11 is 0. The summed E-state index contributed by atoms with van der Waals surface area (Å²) < 4.78 is 28.8. The molecule has 0 aliphatic rings. The molecule has 0 aliphatic carbocycles. The molecular formula is C15H22FNO4. The van der Waals surface area contributed by atoms with Crippen LogP contribution in [-0.2, 0) is 9.47 Å². The normalized spacial score (nSPS) is 11.0. The SMILES string of the molecule is COC(CCN(C(=O)Oc1ccccc1F)C(C)C)OC. The highest BCUT2D eigenvalue weighted by Gasteiger charge is 2.21. The van der Waals surface area contributed by atoms with Crippen molar-refractivity contribution >= 4 is 6.09 Å². The van der Waals surface area contributed by atoms with Crippen LogP contribution in [0, 0.1) is 5.82 Å². The lowest BCUT2D eigenvalue weighted by atomic mass is 10.3. The van der Waals surface area contributed by atoms with Gasteiger partial charge >= 0.3 is 6.09 Å². The van der Waals surface area contributed by atoms with Gasteiger partial charge in [-0.05, 0) is 26.0 Å². The van der Waals surface area contributed by atoms with Crippen molar-refractivity contribution < 1.29 is 23.4 Å². The summed E-state index contributed by atoms with van der Waals surface area (Å²) in [6.07, 6.45) is -0.494. The van der Waals surface area contributed by atoms with Gasteiger partial charge in [-0.15, -0.1) is 0 Å². The predicted octanol–water partition coefficient (Wildman–Crippen LogP) is 3.04. The van der Waals surface area contributed by atoms with Gasteiger partial charge in [-0.3, -0.25) is 0 Å². The average Bonchev–Trinajstić information content (AvgIpc) is 2.45. The molecule has 0 saturated heterocycles. The van der Waals surface area contributed by atoms with E-state index in [1.807, 2.05) is 13.8 Å². The van der Waals surface area contributed by atoms with Crippen molar-refractivity contribution in [3.8, 4) is 5.75 Å². The Balaban J connectivity index is 2.67. The molecule has 0 aliphatic heterocycles. The van der Waals surface area contributed by atoms with Crippen LogP contribution in [0.25, 0.3) is 0 Å². The van der Waals surface area contributed by atoms with E-state index in [9.17, 15) is 9.18 Å². The zero-order valence-corrected chi connectivity index (χ0v) is 12.8.